The molecule has 0 radical (unpaired) electrons. The van der Waals surface area contributed by atoms with Crippen LogP contribution in [0.3, 0.4) is 0 Å². The van der Waals surface area contributed by atoms with Gasteiger partial charge in [0, 0.05) is 25.5 Å². The van der Waals surface area contributed by atoms with Gasteiger partial charge in [0.05, 0.1) is 6.54 Å². The summed E-state index contributed by atoms with van der Waals surface area (Å²) >= 11 is 1.70. The van der Waals surface area contributed by atoms with Crippen molar-refractivity contribution >= 4 is 23.2 Å². The fourth-order valence-corrected chi connectivity index (χ4v) is 3.24. The summed E-state index contributed by atoms with van der Waals surface area (Å²) in [5.41, 5.74) is 3.97. The van der Waals surface area contributed by atoms with Crippen molar-refractivity contribution in [2.75, 3.05) is 27.2 Å². The summed E-state index contributed by atoms with van der Waals surface area (Å²) in [6, 6.07) is 10.5. The molecule has 2 aromatic rings. The van der Waals surface area contributed by atoms with Gasteiger partial charge in [0.2, 0.25) is 5.91 Å². The number of nitrogens with one attached hydrogen (secondary N) is 2. The molecule has 0 atom stereocenters. The third-order valence-corrected chi connectivity index (χ3v) is 5.07. The van der Waals surface area contributed by atoms with Gasteiger partial charge in [-0.3, -0.25) is 4.79 Å². The number of aliphatic imine (C=N–C) groups is 1. The maximum absolute atomic E-state index is 11.8. The summed E-state index contributed by atoms with van der Waals surface area (Å²) in [5, 5.41) is 8.72. The van der Waals surface area contributed by atoms with Crippen molar-refractivity contribution in [2.24, 2.45) is 4.99 Å². The molecule has 1 amide bonds. The first-order valence-electron chi connectivity index (χ1n) is 8.77. The number of carbonyl (C=O) groups excluding carboxylic acids is 1. The molecular formula is C20H28N4OS. The Morgan fingerprint density at radius 2 is 1.85 bits per heavy atom. The molecule has 0 spiro atoms. The SMILES string of the molecule is Cc1cccc(C)c1CCNC(=NCC(=O)N(C)C)NCc1cccs1. The molecule has 0 aliphatic carbocycles. The Balaban J connectivity index is 1.96. The minimum atomic E-state index is -0.0167. The zero-order chi connectivity index (χ0) is 18.9. The van der Waals surface area contributed by atoms with Crippen LogP contribution in [0.25, 0.3) is 0 Å². The molecule has 1 aromatic carbocycles. The van der Waals surface area contributed by atoms with E-state index in [1.165, 1.54) is 21.6 Å². The van der Waals surface area contributed by atoms with Crippen LogP contribution >= 0.6 is 11.3 Å². The first kappa shape index (κ1) is 20.0. The fourth-order valence-electron chi connectivity index (χ4n) is 2.60. The van der Waals surface area contributed by atoms with Crippen LogP contribution in [0.15, 0.2) is 40.7 Å². The van der Waals surface area contributed by atoms with Gasteiger partial charge in [-0.25, -0.2) is 4.99 Å². The summed E-state index contributed by atoms with van der Waals surface area (Å²) in [6.07, 6.45) is 0.917. The topological polar surface area (TPSA) is 56.7 Å². The van der Waals surface area contributed by atoms with E-state index in [1.54, 1.807) is 30.3 Å². The lowest BCUT2D eigenvalue weighted by atomic mass is 10.0. The minimum Gasteiger partial charge on any atom is -0.356 e. The van der Waals surface area contributed by atoms with Crippen molar-refractivity contribution in [1.82, 2.24) is 15.5 Å². The molecule has 2 N–H and O–H groups in total. The number of rotatable bonds is 7. The molecule has 0 aliphatic rings. The third-order valence-electron chi connectivity index (χ3n) is 4.19. The first-order chi connectivity index (χ1) is 12.5. The first-order valence-corrected chi connectivity index (χ1v) is 9.65. The van der Waals surface area contributed by atoms with Crippen molar-refractivity contribution in [3.05, 3.63) is 57.3 Å². The third kappa shape index (κ3) is 6.19. The average molecular weight is 373 g/mol. The van der Waals surface area contributed by atoms with Gasteiger partial charge < -0.3 is 15.5 Å². The zero-order valence-corrected chi connectivity index (χ0v) is 16.8. The number of hydrogen-bond donors (Lipinski definition) is 2. The van der Waals surface area contributed by atoms with Crippen molar-refractivity contribution in [3.63, 3.8) is 0 Å². The Morgan fingerprint density at radius 3 is 2.46 bits per heavy atom. The summed E-state index contributed by atoms with van der Waals surface area (Å²) in [7, 11) is 3.48. The molecular weight excluding hydrogens is 344 g/mol. The molecule has 1 aromatic heterocycles. The second-order valence-electron chi connectivity index (χ2n) is 6.43. The molecule has 2 rings (SSSR count). The highest BCUT2D eigenvalue weighted by molar-refractivity contribution is 7.09. The number of benzene rings is 1. The molecule has 6 heteroatoms. The highest BCUT2D eigenvalue weighted by Gasteiger charge is 2.06. The molecule has 1 heterocycles. The van der Waals surface area contributed by atoms with Gasteiger partial charge in [0.25, 0.3) is 0 Å². The van der Waals surface area contributed by atoms with Gasteiger partial charge in [0.1, 0.15) is 6.54 Å². The van der Waals surface area contributed by atoms with Gasteiger partial charge in [-0.05, 0) is 48.4 Å². The monoisotopic (exact) mass is 372 g/mol. The maximum atomic E-state index is 11.8. The Kier molecular flexibility index (Phi) is 7.66. The van der Waals surface area contributed by atoms with Crippen LogP contribution in [0.1, 0.15) is 21.6 Å². The number of likely N-dealkylation sites (N-methyl/N-ethyl adjacent to an activating group) is 1. The van der Waals surface area contributed by atoms with E-state index in [0.29, 0.717) is 12.5 Å². The predicted molar refractivity (Wildman–Crippen MR) is 110 cm³/mol. The van der Waals surface area contributed by atoms with E-state index in [9.17, 15) is 4.79 Å². The number of aryl methyl sites for hydroxylation is 2. The lowest BCUT2D eigenvalue weighted by molar-refractivity contribution is -0.127. The van der Waals surface area contributed by atoms with E-state index >= 15 is 0 Å². The number of carbonyl (C=O) groups is 1. The van der Waals surface area contributed by atoms with E-state index in [2.05, 4.69) is 59.1 Å². The van der Waals surface area contributed by atoms with Gasteiger partial charge in [-0.15, -0.1) is 11.3 Å². The molecule has 0 saturated heterocycles. The summed E-state index contributed by atoms with van der Waals surface area (Å²) < 4.78 is 0. The van der Waals surface area contributed by atoms with Gasteiger partial charge in [0.15, 0.2) is 5.96 Å². The minimum absolute atomic E-state index is 0.0167. The smallest absolute Gasteiger partial charge is 0.243 e. The van der Waals surface area contributed by atoms with Crippen molar-refractivity contribution < 1.29 is 4.79 Å². The van der Waals surface area contributed by atoms with Gasteiger partial charge in [-0.1, -0.05) is 24.3 Å². The number of thiophene rings is 1. The second kappa shape index (κ2) is 9.97. The normalized spacial score (nSPS) is 11.3. The van der Waals surface area contributed by atoms with E-state index in [-0.39, 0.29) is 12.5 Å². The summed E-state index contributed by atoms with van der Waals surface area (Å²) in [6.45, 7) is 5.88. The standard InChI is InChI=1S/C20H28N4OS/c1-15-7-5-8-16(2)18(15)10-11-21-20(23-14-19(25)24(3)4)22-13-17-9-6-12-26-17/h5-9,12H,10-11,13-14H2,1-4H3,(H2,21,22,23). The largest absolute Gasteiger partial charge is 0.356 e. The number of amides is 1. The highest BCUT2D eigenvalue weighted by Crippen LogP contribution is 2.13. The fraction of sp³-hybridized carbons (Fsp3) is 0.400. The molecule has 26 heavy (non-hydrogen) atoms. The lowest BCUT2D eigenvalue weighted by Gasteiger charge is -2.15. The molecule has 0 unspecified atom stereocenters. The summed E-state index contributed by atoms with van der Waals surface area (Å²) in [5.74, 6) is 0.650. The lowest BCUT2D eigenvalue weighted by Crippen LogP contribution is -2.39. The van der Waals surface area contributed by atoms with Crippen molar-refractivity contribution in [1.29, 1.82) is 0 Å². The van der Waals surface area contributed by atoms with Crippen LogP contribution in [0, 0.1) is 13.8 Å². The number of guanidine groups is 1. The Labute approximate surface area is 160 Å². The molecule has 0 bridgehead atoms. The second-order valence-corrected chi connectivity index (χ2v) is 7.47. The zero-order valence-electron chi connectivity index (χ0n) is 16.0. The predicted octanol–water partition coefficient (Wildman–Crippen LogP) is 2.73. The average Bonchev–Trinajstić information content (AvgIpc) is 3.12. The van der Waals surface area contributed by atoms with Crippen LogP contribution in [-0.4, -0.2) is 44.0 Å². The molecule has 0 fully saturated rings. The van der Waals surface area contributed by atoms with E-state index in [0.717, 1.165) is 13.0 Å². The van der Waals surface area contributed by atoms with Crippen molar-refractivity contribution in [2.45, 2.75) is 26.8 Å². The Morgan fingerprint density at radius 1 is 1.12 bits per heavy atom. The van der Waals surface area contributed by atoms with Crippen LogP contribution < -0.4 is 10.6 Å². The van der Waals surface area contributed by atoms with Gasteiger partial charge >= 0.3 is 0 Å². The molecule has 0 aliphatic heterocycles. The molecule has 0 saturated carbocycles. The maximum Gasteiger partial charge on any atom is 0.243 e. The van der Waals surface area contributed by atoms with E-state index in [1.807, 2.05) is 6.07 Å². The molecule has 140 valence electrons. The highest BCUT2D eigenvalue weighted by atomic mass is 32.1. The van der Waals surface area contributed by atoms with E-state index in [4.69, 9.17) is 0 Å². The van der Waals surface area contributed by atoms with E-state index < -0.39 is 0 Å². The van der Waals surface area contributed by atoms with Gasteiger partial charge in [-0.2, -0.15) is 0 Å². The van der Waals surface area contributed by atoms with Crippen LogP contribution in [-0.2, 0) is 17.8 Å². The van der Waals surface area contributed by atoms with Crippen LogP contribution in [0.2, 0.25) is 0 Å². The van der Waals surface area contributed by atoms with Crippen molar-refractivity contribution in [3.8, 4) is 0 Å². The molecule has 5 nitrogen and oxygen atoms in total. The number of hydrogen-bond acceptors (Lipinski definition) is 3. The van der Waals surface area contributed by atoms with Crippen LogP contribution in [0.5, 0.6) is 0 Å². The Hall–Kier alpha value is -2.34. The summed E-state index contributed by atoms with van der Waals surface area (Å²) in [4.78, 5) is 19.0. The Bertz CT molecular complexity index is 718. The number of nitrogens with zero attached hydrogens (tertiary/aromatic N) is 2. The quantitative estimate of drug-likeness (QED) is 0.580. The van der Waals surface area contributed by atoms with Crippen LogP contribution in [0.4, 0.5) is 0 Å².